The van der Waals surface area contributed by atoms with Crippen molar-refractivity contribution in [2.24, 2.45) is 0 Å². The third-order valence-electron chi connectivity index (χ3n) is 2.87. The maximum Gasteiger partial charge on any atom is 0.310 e. The number of esters is 1. The molecule has 90 valence electrons. The number of methoxy groups -OCH3 is 1. The average molecular weight is 231 g/mol. The van der Waals surface area contributed by atoms with Crippen molar-refractivity contribution in [2.45, 2.75) is 33.1 Å². The number of nitrogens with zero attached hydrogens (tertiary/aromatic N) is 1. The zero-order chi connectivity index (χ0) is 12.8. The molecule has 0 amide bonds. The van der Waals surface area contributed by atoms with Gasteiger partial charge in [0.25, 0.3) is 0 Å². The lowest BCUT2D eigenvalue weighted by molar-refractivity contribution is -0.139. The molecule has 0 N–H and O–H groups in total. The van der Waals surface area contributed by atoms with Crippen molar-refractivity contribution in [2.75, 3.05) is 7.11 Å². The number of hydrogen-bond acceptors (Lipinski definition) is 3. The Morgan fingerprint density at radius 3 is 2.29 bits per heavy atom. The molecule has 0 atom stereocenters. The predicted molar refractivity (Wildman–Crippen MR) is 65.6 cm³/mol. The molecule has 1 aromatic rings. The summed E-state index contributed by atoms with van der Waals surface area (Å²) in [6.07, 6.45) is 1.97. The summed E-state index contributed by atoms with van der Waals surface area (Å²) >= 11 is 0. The molecular weight excluding hydrogens is 214 g/mol. The molecule has 1 aromatic carbocycles. The summed E-state index contributed by atoms with van der Waals surface area (Å²) in [4.78, 5) is 11.3. The Bertz CT molecular complexity index is 458. The van der Waals surface area contributed by atoms with Gasteiger partial charge in [-0.25, -0.2) is 0 Å². The summed E-state index contributed by atoms with van der Waals surface area (Å²) in [6, 6.07) is 5.98. The first kappa shape index (κ1) is 13.2. The Kier molecular flexibility index (Phi) is 4.71. The zero-order valence-corrected chi connectivity index (χ0v) is 10.5. The Balaban J connectivity index is 3.20. The second-order valence-corrected chi connectivity index (χ2v) is 3.85. The SMILES string of the molecule is CCc1cc(C#N)c(CC(=O)OC)cc1CC. The van der Waals surface area contributed by atoms with E-state index in [-0.39, 0.29) is 12.4 Å². The van der Waals surface area contributed by atoms with E-state index < -0.39 is 0 Å². The fraction of sp³-hybridized carbons (Fsp3) is 0.429. The molecule has 0 bridgehead atoms. The Morgan fingerprint density at radius 2 is 1.82 bits per heavy atom. The minimum absolute atomic E-state index is 0.163. The average Bonchev–Trinajstić information content (AvgIpc) is 2.37. The first-order valence-corrected chi connectivity index (χ1v) is 5.77. The normalized spacial score (nSPS) is 9.76. The van der Waals surface area contributed by atoms with Gasteiger partial charge >= 0.3 is 5.97 Å². The predicted octanol–water partition coefficient (Wildman–Crippen LogP) is 2.40. The molecule has 0 unspecified atom stereocenters. The molecule has 3 nitrogen and oxygen atoms in total. The number of carbonyl (C=O) groups excluding carboxylic acids is 1. The van der Waals surface area contributed by atoms with Crippen molar-refractivity contribution in [1.29, 1.82) is 5.26 Å². The number of carbonyl (C=O) groups is 1. The van der Waals surface area contributed by atoms with Crippen molar-refractivity contribution in [3.05, 3.63) is 34.4 Å². The van der Waals surface area contributed by atoms with Gasteiger partial charge in [-0.15, -0.1) is 0 Å². The Labute approximate surface area is 102 Å². The molecule has 1 rings (SSSR count). The lowest BCUT2D eigenvalue weighted by Crippen LogP contribution is -2.07. The summed E-state index contributed by atoms with van der Waals surface area (Å²) in [5, 5.41) is 9.09. The van der Waals surface area contributed by atoms with Crippen LogP contribution in [0.1, 0.15) is 36.1 Å². The van der Waals surface area contributed by atoms with E-state index >= 15 is 0 Å². The summed E-state index contributed by atoms with van der Waals surface area (Å²) in [5.41, 5.74) is 3.71. The van der Waals surface area contributed by atoms with Crippen LogP contribution in [0.25, 0.3) is 0 Å². The van der Waals surface area contributed by atoms with Crippen LogP contribution in [0.4, 0.5) is 0 Å². The Hall–Kier alpha value is -1.82. The van der Waals surface area contributed by atoms with E-state index in [9.17, 15) is 4.79 Å². The highest BCUT2D eigenvalue weighted by Crippen LogP contribution is 2.19. The number of nitriles is 1. The van der Waals surface area contributed by atoms with Crippen molar-refractivity contribution in [3.8, 4) is 6.07 Å². The first-order chi connectivity index (χ1) is 8.15. The third kappa shape index (κ3) is 3.07. The zero-order valence-electron chi connectivity index (χ0n) is 10.5. The standard InChI is InChI=1S/C14H17NO2/c1-4-10-6-12(8-14(16)17-3)13(9-15)7-11(10)5-2/h6-7H,4-5,8H2,1-3H3. The van der Waals surface area contributed by atoms with Gasteiger partial charge in [0.1, 0.15) is 0 Å². The van der Waals surface area contributed by atoms with E-state index in [1.54, 1.807) is 0 Å². The van der Waals surface area contributed by atoms with E-state index in [1.165, 1.54) is 18.2 Å². The van der Waals surface area contributed by atoms with Gasteiger partial charge in [0.15, 0.2) is 0 Å². The monoisotopic (exact) mass is 231 g/mol. The highest BCUT2D eigenvalue weighted by molar-refractivity contribution is 5.73. The van der Waals surface area contributed by atoms with Gasteiger partial charge in [-0.3, -0.25) is 4.79 Å². The lowest BCUT2D eigenvalue weighted by Gasteiger charge is -2.10. The summed E-state index contributed by atoms with van der Waals surface area (Å²) in [5.74, 6) is -0.312. The van der Waals surface area contributed by atoms with Crippen LogP contribution in [0.5, 0.6) is 0 Å². The van der Waals surface area contributed by atoms with E-state index in [4.69, 9.17) is 5.26 Å². The fourth-order valence-corrected chi connectivity index (χ4v) is 1.88. The van der Waals surface area contributed by atoms with Crippen molar-refractivity contribution >= 4 is 5.97 Å². The molecule has 0 radical (unpaired) electrons. The van der Waals surface area contributed by atoms with Crippen LogP contribution in [0.2, 0.25) is 0 Å². The third-order valence-corrected chi connectivity index (χ3v) is 2.87. The van der Waals surface area contributed by atoms with Crippen LogP contribution in [0.15, 0.2) is 12.1 Å². The van der Waals surface area contributed by atoms with Gasteiger partial charge in [-0.05, 0) is 35.6 Å². The van der Waals surface area contributed by atoms with Gasteiger partial charge in [0.2, 0.25) is 0 Å². The van der Waals surface area contributed by atoms with Crippen molar-refractivity contribution in [3.63, 3.8) is 0 Å². The summed E-state index contributed by atoms with van der Waals surface area (Å²) in [7, 11) is 1.36. The highest BCUT2D eigenvalue weighted by atomic mass is 16.5. The molecule has 3 heteroatoms. The van der Waals surface area contributed by atoms with Crippen molar-refractivity contribution in [1.82, 2.24) is 0 Å². The van der Waals surface area contributed by atoms with Gasteiger partial charge in [0, 0.05) is 0 Å². The van der Waals surface area contributed by atoms with Crippen LogP contribution < -0.4 is 0 Å². The van der Waals surface area contributed by atoms with Gasteiger partial charge in [0.05, 0.1) is 25.2 Å². The highest BCUT2D eigenvalue weighted by Gasteiger charge is 2.11. The quantitative estimate of drug-likeness (QED) is 0.748. The molecule has 0 saturated heterocycles. The first-order valence-electron chi connectivity index (χ1n) is 5.77. The lowest BCUT2D eigenvalue weighted by atomic mass is 9.94. The number of rotatable bonds is 4. The minimum atomic E-state index is -0.312. The fourth-order valence-electron chi connectivity index (χ4n) is 1.88. The smallest absolute Gasteiger partial charge is 0.310 e. The molecule has 0 aliphatic carbocycles. The molecule has 0 spiro atoms. The van der Waals surface area contributed by atoms with E-state index in [0.29, 0.717) is 5.56 Å². The van der Waals surface area contributed by atoms with Crippen LogP contribution >= 0.6 is 0 Å². The summed E-state index contributed by atoms with van der Waals surface area (Å²) < 4.78 is 4.64. The molecule has 0 saturated carbocycles. The molecule has 17 heavy (non-hydrogen) atoms. The van der Waals surface area contributed by atoms with Crippen LogP contribution in [-0.4, -0.2) is 13.1 Å². The number of ether oxygens (including phenoxy) is 1. The molecule has 0 aliphatic heterocycles. The van der Waals surface area contributed by atoms with Crippen LogP contribution in [0, 0.1) is 11.3 Å². The largest absolute Gasteiger partial charge is 0.469 e. The van der Waals surface area contributed by atoms with Crippen LogP contribution in [-0.2, 0) is 28.8 Å². The second-order valence-electron chi connectivity index (χ2n) is 3.85. The maximum absolute atomic E-state index is 11.3. The van der Waals surface area contributed by atoms with Crippen LogP contribution in [0.3, 0.4) is 0 Å². The number of aryl methyl sites for hydroxylation is 2. The second kappa shape index (κ2) is 6.05. The summed E-state index contributed by atoms with van der Waals surface area (Å²) in [6.45, 7) is 4.14. The van der Waals surface area contributed by atoms with Crippen molar-refractivity contribution < 1.29 is 9.53 Å². The topological polar surface area (TPSA) is 50.1 Å². The van der Waals surface area contributed by atoms with E-state index in [1.807, 2.05) is 12.1 Å². The maximum atomic E-state index is 11.3. The van der Waals surface area contributed by atoms with Gasteiger partial charge in [-0.2, -0.15) is 5.26 Å². The van der Waals surface area contributed by atoms with Gasteiger partial charge in [-0.1, -0.05) is 19.9 Å². The molecule has 0 aliphatic rings. The number of benzene rings is 1. The van der Waals surface area contributed by atoms with E-state index in [2.05, 4.69) is 24.7 Å². The number of hydrogen-bond donors (Lipinski definition) is 0. The molecule has 0 heterocycles. The van der Waals surface area contributed by atoms with Gasteiger partial charge < -0.3 is 4.74 Å². The molecular formula is C14H17NO2. The Morgan fingerprint density at radius 1 is 1.24 bits per heavy atom. The molecule has 0 fully saturated rings. The van der Waals surface area contributed by atoms with E-state index in [0.717, 1.165) is 18.4 Å². The minimum Gasteiger partial charge on any atom is -0.469 e. The molecule has 0 aromatic heterocycles.